The van der Waals surface area contributed by atoms with E-state index in [-0.39, 0.29) is 25.9 Å². The Morgan fingerprint density at radius 3 is 2.71 bits per heavy atom. The summed E-state index contributed by atoms with van der Waals surface area (Å²) < 4.78 is 29.3. The molecule has 0 spiro atoms. The quantitative estimate of drug-likeness (QED) is 0.521. The van der Waals surface area contributed by atoms with Gasteiger partial charge in [0.2, 0.25) is 5.95 Å². The molecule has 162 valence electrons. The summed E-state index contributed by atoms with van der Waals surface area (Å²) in [7, 11) is 0. The Kier molecular flexibility index (Phi) is 6.37. The molecule has 1 aromatic carbocycles. The van der Waals surface area contributed by atoms with Crippen LogP contribution in [0.25, 0.3) is 6.08 Å². The van der Waals surface area contributed by atoms with Gasteiger partial charge in [0.1, 0.15) is 11.6 Å². The van der Waals surface area contributed by atoms with Crippen LogP contribution < -0.4 is 9.64 Å². The van der Waals surface area contributed by atoms with Crippen LogP contribution in [0.15, 0.2) is 36.7 Å². The van der Waals surface area contributed by atoms with Gasteiger partial charge in [-0.25, -0.2) is 19.2 Å². The summed E-state index contributed by atoms with van der Waals surface area (Å²) in [6.45, 7) is 2.09. The number of hydrogen-bond donors (Lipinski definition) is 0. The Morgan fingerprint density at radius 2 is 1.94 bits per heavy atom. The summed E-state index contributed by atoms with van der Waals surface area (Å²) in [5.74, 6) is -0.348. The van der Waals surface area contributed by atoms with E-state index in [1.54, 1.807) is 23.4 Å². The van der Waals surface area contributed by atoms with Crippen LogP contribution in [0.3, 0.4) is 0 Å². The highest BCUT2D eigenvalue weighted by molar-refractivity contribution is 5.89. The third-order valence-electron chi connectivity index (χ3n) is 4.91. The van der Waals surface area contributed by atoms with E-state index >= 15 is 0 Å². The smallest absolute Gasteiger partial charge is 0.331 e. The lowest BCUT2D eigenvalue weighted by Crippen LogP contribution is -2.50. The molecule has 2 aliphatic heterocycles. The molecule has 31 heavy (non-hydrogen) atoms. The van der Waals surface area contributed by atoms with Crippen LogP contribution in [0.2, 0.25) is 0 Å². The molecule has 1 saturated heterocycles. The highest BCUT2D eigenvalue weighted by Gasteiger charge is 2.23. The number of carbonyl (C=O) groups is 2. The number of halogens is 1. The Balaban J connectivity index is 1.27. The van der Waals surface area contributed by atoms with E-state index in [1.165, 1.54) is 18.2 Å². The van der Waals surface area contributed by atoms with E-state index in [4.69, 9.17) is 14.2 Å². The molecule has 2 aliphatic rings. The predicted molar refractivity (Wildman–Crippen MR) is 108 cm³/mol. The van der Waals surface area contributed by atoms with E-state index in [1.807, 2.05) is 4.90 Å². The molecular formula is C21H21FN4O5. The Labute approximate surface area is 178 Å². The van der Waals surface area contributed by atoms with Crippen molar-refractivity contribution in [2.75, 3.05) is 44.5 Å². The number of esters is 1. The van der Waals surface area contributed by atoms with Crippen molar-refractivity contribution in [2.45, 2.75) is 6.61 Å². The number of rotatable bonds is 5. The SMILES string of the molecule is O=C(/C=C/c1cc(F)cc2c1OCOC2)OCC(=O)N1CCN(c2ncccn2)CC1. The van der Waals surface area contributed by atoms with Gasteiger partial charge in [-0.1, -0.05) is 0 Å². The van der Waals surface area contributed by atoms with Crippen molar-refractivity contribution < 1.29 is 28.2 Å². The molecule has 0 unspecified atom stereocenters. The van der Waals surface area contributed by atoms with Crippen molar-refractivity contribution in [3.63, 3.8) is 0 Å². The second-order valence-electron chi connectivity index (χ2n) is 6.95. The van der Waals surface area contributed by atoms with Gasteiger partial charge in [0.25, 0.3) is 5.91 Å². The Hall–Kier alpha value is -3.53. The average Bonchev–Trinajstić information content (AvgIpc) is 2.81. The summed E-state index contributed by atoms with van der Waals surface area (Å²) in [4.78, 5) is 36.4. The fourth-order valence-corrected chi connectivity index (χ4v) is 3.37. The van der Waals surface area contributed by atoms with Gasteiger partial charge in [0, 0.05) is 55.8 Å². The zero-order valence-corrected chi connectivity index (χ0v) is 16.7. The number of hydrogen-bond acceptors (Lipinski definition) is 8. The molecule has 10 heteroatoms. The number of benzene rings is 1. The molecule has 4 rings (SSSR count). The molecule has 0 aliphatic carbocycles. The van der Waals surface area contributed by atoms with Gasteiger partial charge in [-0.2, -0.15) is 0 Å². The van der Waals surface area contributed by atoms with Gasteiger partial charge in [0.15, 0.2) is 13.4 Å². The number of aromatic nitrogens is 2. The van der Waals surface area contributed by atoms with Crippen molar-refractivity contribution in [3.8, 4) is 5.75 Å². The van der Waals surface area contributed by atoms with Crippen molar-refractivity contribution in [2.24, 2.45) is 0 Å². The van der Waals surface area contributed by atoms with Crippen LogP contribution in [-0.2, 0) is 25.7 Å². The number of nitrogens with zero attached hydrogens (tertiary/aromatic N) is 4. The minimum Gasteiger partial charge on any atom is -0.467 e. The van der Waals surface area contributed by atoms with Crippen molar-refractivity contribution in [1.29, 1.82) is 0 Å². The highest BCUT2D eigenvalue weighted by atomic mass is 19.1. The van der Waals surface area contributed by atoms with E-state index in [0.29, 0.717) is 49.0 Å². The first-order chi connectivity index (χ1) is 15.1. The summed E-state index contributed by atoms with van der Waals surface area (Å²) in [6.07, 6.45) is 5.89. The molecule has 1 amide bonds. The summed E-state index contributed by atoms with van der Waals surface area (Å²) >= 11 is 0. The number of ether oxygens (including phenoxy) is 3. The van der Waals surface area contributed by atoms with Crippen molar-refractivity contribution >= 4 is 23.9 Å². The zero-order chi connectivity index (χ0) is 21.6. The normalized spacial score (nSPS) is 16.0. The van der Waals surface area contributed by atoms with Crippen LogP contribution in [0, 0.1) is 5.82 Å². The van der Waals surface area contributed by atoms with Crippen molar-refractivity contribution in [1.82, 2.24) is 14.9 Å². The van der Waals surface area contributed by atoms with E-state index in [9.17, 15) is 14.0 Å². The lowest BCUT2D eigenvalue weighted by Gasteiger charge is -2.34. The summed E-state index contributed by atoms with van der Waals surface area (Å²) in [6, 6.07) is 4.33. The second-order valence-corrected chi connectivity index (χ2v) is 6.95. The van der Waals surface area contributed by atoms with Crippen LogP contribution in [0.4, 0.5) is 10.3 Å². The maximum Gasteiger partial charge on any atom is 0.331 e. The Bertz CT molecular complexity index is 977. The van der Waals surface area contributed by atoms with Crippen LogP contribution in [-0.4, -0.2) is 66.3 Å². The number of carbonyl (C=O) groups excluding carboxylic acids is 2. The maximum atomic E-state index is 13.8. The van der Waals surface area contributed by atoms with Gasteiger partial charge < -0.3 is 24.0 Å². The molecule has 9 nitrogen and oxygen atoms in total. The standard InChI is InChI=1S/C21H21FN4O5/c22-17-10-15(20-16(11-17)12-29-14-31-20)2-3-19(28)30-13-18(27)25-6-8-26(9-7-25)21-23-4-1-5-24-21/h1-5,10-11H,6-9,12-14H2/b3-2+. The summed E-state index contributed by atoms with van der Waals surface area (Å²) in [5.41, 5.74) is 0.968. The summed E-state index contributed by atoms with van der Waals surface area (Å²) in [5, 5.41) is 0. The average molecular weight is 428 g/mol. The maximum absolute atomic E-state index is 13.8. The first-order valence-corrected chi connectivity index (χ1v) is 9.78. The molecule has 2 aromatic rings. The number of piperazine rings is 1. The van der Waals surface area contributed by atoms with E-state index < -0.39 is 11.8 Å². The highest BCUT2D eigenvalue weighted by Crippen LogP contribution is 2.30. The number of fused-ring (bicyclic) bond motifs is 1. The van der Waals surface area contributed by atoms with Gasteiger partial charge in [0.05, 0.1) is 6.61 Å². The van der Waals surface area contributed by atoms with Gasteiger partial charge in [-0.3, -0.25) is 4.79 Å². The van der Waals surface area contributed by atoms with Gasteiger partial charge in [-0.05, 0) is 24.3 Å². The zero-order valence-electron chi connectivity index (χ0n) is 16.7. The molecule has 3 heterocycles. The molecular weight excluding hydrogens is 407 g/mol. The molecule has 0 atom stereocenters. The van der Waals surface area contributed by atoms with Gasteiger partial charge in [-0.15, -0.1) is 0 Å². The predicted octanol–water partition coefficient (Wildman–Crippen LogP) is 1.39. The molecule has 1 fully saturated rings. The lowest BCUT2D eigenvalue weighted by atomic mass is 10.1. The molecule has 0 N–H and O–H groups in total. The largest absolute Gasteiger partial charge is 0.467 e. The minimum absolute atomic E-state index is 0.0576. The third kappa shape index (κ3) is 5.15. The van der Waals surface area contributed by atoms with Crippen LogP contribution in [0.1, 0.15) is 11.1 Å². The molecule has 0 saturated carbocycles. The van der Waals surface area contributed by atoms with Crippen LogP contribution in [0.5, 0.6) is 5.75 Å². The van der Waals surface area contributed by atoms with Crippen molar-refractivity contribution in [3.05, 3.63) is 53.6 Å². The number of anilines is 1. The fourth-order valence-electron chi connectivity index (χ4n) is 3.37. The lowest BCUT2D eigenvalue weighted by molar-refractivity contribution is -0.148. The third-order valence-corrected chi connectivity index (χ3v) is 4.91. The Morgan fingerprint density at radius 1 is 1.16 bits per heavy atom. The van der Waals surface area contributed by atoms with E-state index in [0.717, 1.165) is 6.08 Å². The monoisotopic (exact) mass is 428 g/mol. The first-order valence-electron chi connectivity index (χ1n) is 9.78. The molecule has 0 radical (unpaired) electrons. The van der Waals surface area contributed by atoms with Gasteiger partial charge >= 0.3 is 5.97 Å². The second kappa shape index (κ2) is 9.52. The topological polar surface area (TPSA) is 94.1 Å². The molecule has 0 bridgehead atoms. The minimum atomic E-state index is -0.699. The van der Waals surface area contributed by atoms with E-state index in [2.05, 4.69) is 9.97 Å². The molecule has 1 aromatic heterocycles. The number of amides is 1. The first kappa shape index (κ1) is 20.7. The van der Waals surface area contributed by atoms with Crippen LogP contribution >= 0.6 is 0 Å². The fraction of sp³-hybridized carbons (Fsp3) is 0.333.